The van der Waals surface area contributed by atoms with Crippen molar-refractivity contribution in [1.29, 1.82) is 0 Å². The van der Waals surface area contributed by atoms with Crippen LogP contribution in [0.3, 0.4) is 0 Å². The van der Waals surface area contributed by atoms with Crippen LogP contribution in [0.25, 0.3) is 0 Å². The molecule has 0 saturated carbocycles. The first kappa shape index (κ1) is 15.7. The van der Waals surface area contributed by atoms with Crippen LogP contribution in [-0.2, 0) is 13.1 Å². The van der Waals surface area contributed by atoms with Crippen LogP contribution >= 0.6 is 11.6 Å². The molecule has 0 amide bonds. The van der Waals surface area contributed by atoms with E-state index in [1.807, 2.05) is 37.4 Å². The summed E-state index contributed by atoms with van der Waals surface area (Å²) in [7, 11) is 2.00. The van der Waals surface area contributed by atoms with Crippen LogP contribution in [-0.4, -0.2) is 23.1 Å². The molecule has 0 radical (unpaired) electrons. The molecule has 0 unspecified atom stereocenters. The van der Waals surface area contributed by atoms with Gasteiger partial charge in [-0.3, -0.25) is 4.98 Å². The number of hydrogen-bond acceptors (Lipinski definition) is 4. The third-order valence-corrected chi connectivity index (χ3v) is 3.44. The average Bonchev–Trinajstić information content (AvgIpc) is 2.47. The lowest BCUT2D eigenvalue weighted by atomic mass is 10.3. The normalized spacial score (nSPS) is 10.9. The van der Waals surface area contributed by atoms with Crippen LogP contribution in [0, 0.1) is 0 Å². The van der Waals surface area contributed by atoms with Crippen molar-refractivity contribution < 1.29 is 0 Å². The maximum atomic E-state index is 6.21. The van der Waals surface area contributed by atoms with Gasteiger partial charge in [-0.05, 0) is 24.3 Å². The van der Waals surface area contributed by atoms with E-state index >= 15 is 0 Å². The monoisotopic (exact) mass is 304 g/mol. The Kier molecular flexibility index (Phi) is 5.53. The fourth-order valence-corrected chi connectivity index (χ4v) is 2.10. The Morgan fingerprint density at radius 2 is 2.05 bits per heavy atom. The van der Waals surface area contributed by atoms with Gasteiger partial charge in [-0.2, -0.15) is 0 Å². The number of pyridine rings is 2. The fraction of sp³-hybridized carbons (Fsp3) is 0.375. The van der Waals surface area contributed by atoms with E-state index in [2.05, 4.69) is 34.0 Å². The number of rotatable bonds is 6. The molecule has 5 heteroatoms. The summed E-state index contributed by atoms with van der Waals surface area (Å²) in [6, 6.07) is 10.1. The molecular weight excluding hydrogens is 284 g/mol. The molecule has 0 aliphatic rings. The van der Waals surface area contributed by atoms with Gasteiger partial charge in [0.1, 0.15) is 5.82 Å². The number of anilines is 1. The minimum Gasteiger partial charge on any atom is -0.354 e. The van der Waals surface area contributed by atoms with Crippen LogP contribution in [0.4, 0.5) is 5.82 Å². The van der Waals surface area contributed by atoms with Crippen molar-refractivity contribution >= 4 is 17.4 Å². The van der Waals surface area contributed by atoms with Crippen molar-refractivity contribution in [3.63, 3.8) is 0 Å². The molecule has 0 fully saturated rings. The number of halogens is 1. The highest BCUT2D eigenvalue weighted by molar-refractivity contribution is 6.31. The highest BCUT2D eigenvalue weighted by atomic mass is 35.5. The predicted octanol–water partition coefficient (Wildman–Crippen LogP) is 3.26. The van der Waals surface area contributed by atoms with Crippen LogP contribution < -0.4 is 10.2 Å². The zero-order chi connectivity index (χ0) is 15.2. The zero-order valence-electron chi connectivity index (χ0n) is 12.7. The smallest absolute Gasteiger partial charge is 0.129 e. The van der Waals surface area contributed by atoms with Crippen molar-refractivity contribution in [1.82, 2.24) is 15.3 Å². The fourth-order valence-electron chi connectivity index (χ4n) is 1.93. The Balaban J connectivity index is 2.10. The van der Waals surface area contributed by atoms with Crippen molar-refractivity contribution in [3.8, 4) is 0 Å². The van der Waals surface area contributed by atoms with Crippen LogP contribution in [0.15, 0.2) is 36.5 Å². The molecule has 112 valence electrons. The Bertz CT molecular complexity index is 572. The molecule has 4 nitrogen and oxygen atoms in total. The third kappa shape index (κ3) is 4.69. The molecule has 0 aromatic carbocycles. The number of hydrogen-bond donors (Lipinski definition) is 1. The first-order valence-corrected chi connectivity index (χ1v) is 7.44. The van der Waals surface area contributed by atoms with E-state index in [1.165, 1.54) is 0 Å². The van der Waals surface area contributed by atoms with E-state index in [0.717, 1.165) is 17.2 Å². The number of nitrogens with zero attached hydrogens (tertiary/aromatic N) is 3. The lowest BCUT2D eigenvalue weighted by molar-refractivity contribution is 0.581. The molecule has 0 atom stereocenters. The molecule has 1 N–H and O–H groups in total. The second kappa shape index (κ2) is 7.38. The lowest BCUT2D eigenvalue weighted by Gasteiger charge is -2.19. The summed E-state index contributed by atoms with van der Waals surface area (Å²) in [5.74, 6) is 0.894. The van der Waals surface area contributed by atoms with Gasteiger partial charge in [0, 0.05) is 25.8 Å². The molecule has 0 bridgehead atoms. The molecule has 2 aromatic rings. The first-order valence-electron chi connectivity index (χ1n) is 7.06. The Hall–Kier alpha value is -1.65. The van der Waals surface area contributed by atoms with Crippen molar-refractivity contribution in [3.05, 3.63) is 52.9 Å². The molecule has 0 aliphatic heterocycles. The second-order valence-electron chi connectivity index (χ2n) is 5.31. The van der Waals surface area contributed by atoms with E-state index in [0.29, 0.717) is 24.2 Å². The standard InChI is InChI=1S/C16H21ClN4/c1-12(2)19-10-15-14(17)7-8-16(20-15)21(3)11-13-6-4-5-9-18-13/h4-9,12,19H,10-11H2,1-3H3. The van der Waals surface area contributed by atoms with Gasteiger partial charge in [0.25, 0.3) is 0 Å². The van der Waals surface area contributed by atoms with E-state index in [1.54, 1.807) is 6.20 Å². The summed E-state index contributed by atoms with van der Waals surface area (Å²) < 4.78 is 0. The maximum Gasteiger partial charge on any atom is 0.129 e. The summed E-state index contributed by atoms with van der Waals surface area (Å²) in [4.78, 5) is 11.0. The molecule has 2 heterocycles. The van der Waals surface area contributed by atoms with Gasteiger partial charge >= 0.3 is 0 Å². The predicted molar refractivity (Wildman–Crippen MR) is 87.6 cm³/mol. The van der Waals surface area contributed by atoms with Gasteiger partial charge in [-0.25, -0.2) is 4.98 Å². The van der Waals surface area contributed by atoms with Crippen molar-refractivity contribution in [2.24, 2.45) is 0 Å². The van der Waals surface area contributed by atoms with Crippen LogP contribution in [0.1, 0.15) is 25.2 Å². The Morgan fingerprint density at radius 3 is 2.71 bits per heavy atom. The lowest BCUT2D eigenvalue weighted by Crippen LogP contribution is -2.24. The maximum absolute atomic E-state index is 6.21. The minimum absolute atomic E-state index is 0.401. The molecule has 0 spiro atoms. The topological polar surface area (TPSA) is 41.1 Å². The third-order valence-electron chi connectivity index (χ3n) is 3.10. The first-order chi connectivity index (χ1) is 10.1. The van der Waals surface area contributed by atoms with Gasteiger partial charge in [0.2, 0.25) is 0 Å². The van der Waals surface area contributed by atoms with Crippen LogP contribution in [0.2, 0.25) is 5.02 Å². The zero-order valence-corrected chi connectivity index (χ0v) is 13.4. The molecule has 0 saturated heterocycles. The van der Waals surface area contributed by atoms with Crippen LogP contribution in [0.5, 0.6) is 0 Å². The van der Waals surface area contributed by atoms with Crippen molar-refractivity contribution in [2.75, 3.05) is 11.9 Å². The van der Waals surface area contributed by atoms with E-state index in [9.17, 15) is 0 Å². The Labute approximate surface area is 131 Å². The summed E-state index contributed by atoms with van der Waals surface area (Å²) in [6.07, 6.45) is 1.80. The molecule has 0 aliphatic carbocycles. The quantitative estimate of drug-likeness (QED) is 0.889. The molecular formula is C16H21ClN4. The van der Waals surface area contributed by atoms with Crippen molar-refractivity contribution in [2.45, 2.75) is 33.0 Å². The van der Waals surface area contributed by atoms with E-state index in [-0.39, 0.29) is 0 Å². The van der Waals surface area contributed by atoms with E-state index < -0.39 is 0 Å². The second-order valence-corrected chi connectivity index (χ2v) is 5.72. The summed E-state index contributed by atoms with van der Waals surface area (Å²) in [6.45, 7) is 5.59. The van der Waals surface area contributed by atoms with Gasteiger partial charge < -0.3 is 10.2 Å². The number of aromatic nitrogens is 2. The van der Waals surface area contributed by atoms with E-state index in [4.69, 9.17) is 11.6 Å². The minimum atomic E-state index is 0.401. The number of nitrogens with one attached hydrogen (secondary N) is 1. The van der Waals surface area contributed by atoms with Gasteiger partial charge in [0.15, 0.2) is 0 Å². The highest BCUT2D eigenvalue weighted by Crippen LogP contribution is 2.19. The molecule has 21 heavy (non-hydrogen) atoms. The molecule has 2 aromatic heterocycles. The average molecular weight is 305 g/mol. The summed E-state index contributed by atoms with van der Waals surface area (Å²) >= 11 is 6.21. The van der Waals surface area contributed by atoms with Gasteiger partial charge in [0.05, 0.1) is 23.0 Å². The largest absolute Gasteiger partial charge is 0.354 e. The van der Waals surface area contributed by atoms with Gasteiger partial charge in [-0.1, -0.05) is 31.5 Å². The SMILES string of the molecule is CC(C)NCc1nc(N(C)Cc2ccccn2)ccc1Cl. The molecule has 2 rings (SSSR count). The van der Waals surface area contributed by atoms with Gasteiger partial charge in [-0.15, -0.1) is 0 Å². The summed E-state index contributed by atoms with van der Waals surface area (Å²) in [5.41, 5.74) is 1.88. The Morgan fingerprint density at radius 1 is 1.24 bits per heavy atom. The summed E-state index contributed by atoms with van der Waals surface area (Å²) in [5, 5.41) is 4.03. The highest BCUT2D eigenvalue weighted by Gasteiger charge is 2.09.